The molecule has 0 saturated carbocycles. The number of fused-ring (bicyclic) bond motifs is 1. The highest BCUT2D eigenvalue weighted by Crippen LogP contribution is 2.32. The molecule has 1 aliphatic carbocycles. The molecule has 0 spiro atoms. The predicted octanol–water partition coefficient (Wildman–Crippen LogP) is 4.03. The average Bonchev–Trinajstić information content (AvgIpc) is 2.85. The van der Waals surface area contributed by atoms with Gasteiger partial charge in [0.05, 0.1) is 11.7 Å². The Morgan fingerprint density at radius 1 is 1.32 bits per heavy atom. The Bertz CT molecular complexity index is 583. The van der Waals surface area contributed by atoms with Crippen LogP contribution in [0.4, 0.5) is 0 Å². The van der Waals surface area contributed by atoms with Crippen molar-refractivity contribution >= 4 is 22.9 Å². The molecule has 1 aliphatic rings. The van der Waals surface area contributed by atoms with Gasteiger partial charge in [0.2, 0.25) is 0 Å². The number of nitrogens with two attached hydrogens (primary N) is 1. The molecule has 0 amide bonds. The molecule has 19 heavy (non-hydrogen) atoms. The molecular formula is C15H17ClN2S. The third-order valence-electron chi connectivity index (χ3n) is 3.68. The van der Waals surface area contributed by atoms with Crippen molar-refractivity contribution in [1.29, 1.82) is 0 Å². The Morgan fingerprint density at radius 2 is 2.11 bits per heavy atom. The number of aryl methyl sites for hydroxylation is 3. The van der Waals surface area contributed by atoms with Crippen LogP contribution in [0.1, 0.15) is 45.6 Å². The van der Waals surface area contributed by atoms with Crippen molar-refractivity contribution in [3.05, 3.63) is 49.9 Å². The summed E-state index contributed by atoms with van der Waals surface area (Å²) in [6.45, 7) is 2.00. The van der Waals surface area contributed by atoms with Gasteiger partial charge in [-0.15, -0.1) is 11.3 Å². The van der Waals surface area contributed by atoms with Crippen molar-refractivity contribution in [1.82, 2.24) is 4.98 Å². The van der Waals surface area contributed by atoms with E-state index in [0.29, 0.717) is 0 Å². The van der Waals surface area contributed by atoms with Gasteiger partial charge in [-0.05, 0) is 49.8 Å². The first-order chi connectivity index (χ1) is 9.15. The van der Waals surface area contributed by atoms with E-state index in [-0.39, 0.29) is 6.04 Å². The van der Waals surface area contributed by atoms with Gasteiger partial charge in [0.25, 0.3) is 0 Å². The molecule has 2 nitrogen and oxygen atoms in total. The zero-order valence-corrected chi connectivity index (χ0v) is 12.5. The SMILES string of the molecule is Cc1ccc(C(N)c2nc3c(s2)CCCC3)cc1Cl. The van der Waals surface area contributed by atoms with Gasteiger partial charge < -0.3 is 5.73 Å². The number of hydrogen-bond donors (Lipinski definition) is 1. The maximum Gasteiger partial charge on any atom is 0.114 e. The van der Waals surface area contributed by atoms with E-state index < -0.39 is 0 Å². The van der Waals surface area contributed by atoms with Crippen molar-refractivity contribution in [3.63, 3.8) is 0 Å². The van der Waals surface area contributed by atoms with Gasteiger partial charge in [-0.2, -0.15) is 0 Å². The Morgan fingerprint density at radius 3 is 2.84 bits per heavy atom. The van der Waals surface area contributed by atoms with Crippen LogP contribution in [-0.4, -0.2) is 4.98 Å². The van der Waals surface area contributed by atoms with Crippen molar-refractivity contribution in [2.24, 2.45) is 5.73 Å². The van der Waals surface area contributed by atoms with Gasteiger partial charge in [-0.3, -0.25) is 0 Å². The minimum atomic E-state index is -0.159. The molecule has 2 N–H and O–H groups in total. The summed E-state index contributed by atoms with van der Waals surface area (Å²) in [6.07, 6.45) is 4.80. The van der Waals surface area contributed by atoms with Crippen LogP contribution in [0.2, 0.25) is 5.02 Å². The second kappa shape index (κ2) is 5.23. The van der Waals surface area contributed by atoms with Crippen molar-refractivity contribution < 1.29 is 0 Å². The Hall–Kier alpha value is -0.900. The van der Waals surface area contributed by atoms with E-state index in [1.165, 1.54) is 23.4 Å². The lowest BCUT2D eigenvalue weighted by atomic mass is 10.0. The smallest absolute Gasteiger partial charge is 0.114 e. The monoisotopic (exact) mass is 292 g/mol. The molecule has 0 radical (unpaired) electrons. The first kappa shape index (κ1) is 13.1. The number of hydrogen-bond acceptors (Lipinski definition) is 3. The number of halogens is 1. The number of thiazole rings is 1. The summed E-state index contributed by atoms with van der Waals surface area (Å²) in [6, 6.07) is 5.87. The summed E-state index contributed by atoms with van der Waals surface area (Å²) in [4.78, 5) is 6.16. The maximum atomic E-state index is 6.34. The first-order valence-electron chi connectivity index (χ1n) is 6.65. The lowest BCUT2D eigenvalue weighted by Crippen LogP contribution is -2.11. The van der Waals surface area contributed by atoms with E-state index >= 15 is 0 Å². The molecule has 3 rings (SSSR count). The Kier molecular flexibility index (Phi) is 3.61. The highest BCUT2D eigenvalue weighted by molar-refractivity contribution is 7.11. The summed E-state index contributed by atoms with van der Waals surface area (Å²) >= 11 is 7.94. The topological polar surface area (TPSA) is 38.9 Å². The van der Waals surface area contributed by atoms with E-state index in [9.17, 15) is 0 Å². The van der Waals surface area contributed by atoms with Gasteiger partial charge in [-0.1, -0.05) is 23.7 Å². The van der Waals surface area contributed by atoms with Gasteiger partial charge in [0.1, 0.15) is 5.01 Å². The Balaban J connectivity index is 1.92. The van der Waals surface area contributed by atoms with Crippen molar-refractivity contribution in [2.45, 2.75) is 38.6 Å². The molecule has 1 heterocycles. The molecule has 100 valence electrons. The molecule has 0 saturated heterocycles. The van der Waals surface area contributed by atoms with Gasteiger partial charge in [0, 0.05) is 9.90 Å². The van der Waals surface area contributed by atoms with Crippen LogP contribution < -0.4 is 5.73 Å². The lowest BCUT2D eigenvalue weighted by Gasteiger charge is -2.10. The second-order valence-corrected chi connectivity index (χ2v) is 6.64. The molecule has 4 heteroatoms. The number of benzene rings is 1. The Labute approximate surface area is 122 Å². The van der Waals surface area contributed by atoms with Crippen LogP contribution >= 0.6 is 22.9 Å². The van der Waals surface area contributed by atoms with Crippen molar-refractivity contribution in [3.8, 4) is 0 Å². The van der Waals surface area contributed by atoms with Crippen LogP contribution in [0.25, 0.3) is 0 Å². The predicted molar refractivity (Wildman–Crippen MR) is 81.0 cm³/mol. The molecule has 0 aliphatic heterocycles. The molecule has 1 aromatic carbocycles. The quantitative estimate of drug-likeness (QED) is 0.907. The number of rotatable bonds is 2. The van der Waals surface area contributed by atoms with Crippen LogP contribution in [0.15, 0.2) is 18.2 Å². The molecule has 1 unspecified atom stereocenters. The fourth-order valence-corrected chi connectivity index (χ4v) is 3.82. The summed E-state index contributed by atoms with van der Waals surface area (Å²) in [5.74, 6) is 0. The standard InChI is InChI=1S/C15H17ClN2S/c1-9-6-7-10(8-11(9)16)14(17)15-18-12-4-2-3-5-13(12)19-15/h6-8,14H,2-5,17H2,1H3. The zero-order chi connectivity index (χ0) is 13.4. The van der Waals surface area contributed by atoms with Gasteiger partial charge >= 0.3 is 0 Å². The van der Waals surface area contributed by atoms with Crippen LogP contribution in [0, 0.1) is 6.92 Å². The minimum absolute atomic E-state index is 0.159. The van der Waals surface area contributed by atoms with E-state index in [1.54, 1.807) is 11.3 Å². The van der Waals surface area contributed by atoms with E-state index in [4.69, 9.17) is 22.3 Å². The summed E-state index contributed by atoms with van der Waals surface area (Å²) in [5, 5.41) is 1.79. The summed E-state index contributed by atoms with van der Waals surface area (Å²) < 4.78 is 0. The second-order valence-electron chi connectivity index (χ2n) is 5.12. The zero-order valence-electron chi connectivity index (χ0n) is 10.9. The fraction of sp³-hybridized carbons (Fsp3) is 0.400. The van der Waals surface area contributed by atoms with Crippen molar-refractivity contribution in [2.75, 3.05) is 0 Å². The number of nitrogens with zero attached hydrogens (tertiary/aromatic N) is 1. The first-order valence-corrected chi connectivity index (χ1v) is 7.84. The highest BCUT2D eigenvalue weighted by atomic mass is 35.5. The highest BCUT2D eigenvalue weighted by Gasteiger charge is 2.20. The van der Waals surface area contributed by atoms with E-state index in [0.717, 1.165) is 34.0 Å². The molecule has 0 fully saturated rings. The van der Waals surface area contributed by atoms with E-state index in [1.807, 2.05) is 25.1 Å². The minimum Gasteiger partial charge on any atom is -0.318 e. The molecule has 1 aromatic heterocycles. The molecule has 0 bridgehead atoms. The molecule has 2 aromatic rings. The fourth-order valence-electron chi connectivity index (χ4n) is 2.45. The largest absolute Gasteiger partial charge is 0.318 e. The lowest BCUT2D eigenvalue weighted by molar-refractivity contribution is 0.678. The summed E-state index contributed by atoms with van der Waals surface area (Å²) in [5.41, 5.74) is 9.72. The summed E-state index contributed by atoms with van der Waals surface area (Å²) in [7, 11) is 0. The van der Waals surface area contributed by atoms with Crippen LogP contribution in [-0.2, 0) is 12.8 Å². The van der Waals surface area contributed by atoms with E-state index in [2.05, 4.69) is 0 Å². The molecule has 1 atom stereocenters. The van der Waals surface area contributed by atoms with Gasteiger partial charge in [-0.25, -0.2) is 4.98 Å². The van der Waals surface area contributed by atoms with Crippen LogP contribution in [0.3, 0.4) is 0 Å². The third kappa shape index (κ3) is 2.55. The number of aromatic nitrogens is 1. The third-order valence-corrected chi connectivity index (χ3v) is 5.33. The van der Waals surface area contributed by atoms with Gasteiger partial charge in [0.15, 0.2) is 0 Å². The molecular weight excluding hydrogens is 276 g/mol. The average molecular weight is 293 g/mol. The maximum absolute atomic E-state index is 6.34. The van der Waals surface area contributed by atoms with Crippen LogP contribution in [0.5, 0.6) is 0 Å². The normalized spacial score (nSPS) is 16.2.